The van der Waals surface area contributed by atoms with Crippen LogP contribution in [0.5, 0.6) is 5.75 Å². The number of ether oxygens (including phenoxy) is 1. The van der Waals surface area contributed by atoms with E-state index in [2.05, 4.69) is 10.6 Å². The average molecular weight is 417 g/mol. The molecule has 0 aromatic heterocycles. The maximum Gasteiger partial charge on any atom is 0.251 e. The van der Waals surface area contributed by atoms with Gasteiger partial charge in [-0.05, 0) is 50.5 Å². The van der Waals surface area contributed by atoms with E-state index in [1.807, 2.05) is 11.8 Å². The van der Waals surface area contributed by atoms with Crippen molar-refractivity contribution in [2.45, 2.75) is 26.2 Å². The predicted octanol–water partition coefficient (Wildman–Crippen LogP) is 3.72. The topological polar surface area (TPSA) is 70.7 Å². The fraction of sp³-hybridized carbons (Fsp3) is 0.364. The lowest BCUT2D eigenvalue weighted by Gasteiger charge is -2.30. The molecule has 1 heterocycles. The molecule has 1 aliphatic heterocycles. The van der Waals surface area contributed by atoms with Gasteiger partial charge in [0.05, 0.1) is 24.5 Å². The van der Waals surface area contributed by atoms with Crippen LogP contribution in [0.3, 0.4) is 0 Å². The summed E-state index contributed by atoms with van der Waals surface area (Å²) >= 11 is 0. The second-order valence-electron chi connectivity index (χ2n) is 7.02. The molecule has 0 spiro atoms. The summed E-state index contributed by atoms with van der Waals surface area (Å²) in [4.78, 5) is 26.5. The molecule has 8 heteroatoms. The van der Waals surface area contributed by atoms with Gasteiger partial charge in [0, 0.05) is 30.8 Å². The summed E-state index contributed by atoms with van der Waals surface area (Å²) in [6.45, 7) is 3.51. The van der Waals surface area contributed by atoms with Crippen molar-refractivity contribution in [1.82, 2.24) is 5.32 Å². The smallest absolute Gasteiger partial charge is 0.251 e. The van der Waals surface area contributed by atoms with Crippen LogP contribution < -0.4 is 20.3 Å². The highest BCUT2D eigenvalue weighted by atomic mass is 19.2. The van der Waals surface area contributed by atoms with Crippen molar-refractivity contribution in [3.8, 4) is 5.75 Å². The quantitative estimate of drug-likeness (QED) is 0.720. The van der Waals surface area contributed by atoms with Crippen molar-refractivity contribution in [3.63, 3.8) is 0 Å². The first-order chi connectivity index (χ1) is 14.5. The lowest BCUT2D eigenvalue weighted by molar-refractivity contribution is -0.115. The lowest BCUT2D eigenvalue weighted by atomic mass is 10.1. The van der Waals surface area contributed by atoms with Crippen molar-refractivity contribution in [2.75, 3.05) is 36.5 Å². The summed E-state index contributed by atoms with van der Waals surface area (Å²) in [7, 11) is 0. The van der Waals surface area contributed by atoms with Gasteiger partial charge < -0.3 is 20.3 Å². The molecule has 0 unspecified atom stereocenters. The van der Waals surface area contributed by atoms with E-state index in [0.29, 0.717) is 36.7 Å². The van der Waals surface area contributed by atoms with Crippen LogP contribution in [-0.2, 0) is 4.79 Å². The van der Waals surface area contributed by atoms with Gasteiger partial charge in [0.1, 0.15) is 5.75 Å². The van der Waals surface area contributed by atoms with Crippen LogP contribution in [-0.4, -0.2) is 38.1 Å². The molecule has 6 nitrogen and oxygen atoms in total. The molecular formula is C22H25F2N3O3. The van der Waals surface area contributed by atoms with E-state index >= 15 is 0 Å². The molecule has 0 atom stereocenters. The van der Waals surface area contributed by atoms with E-state index in [4.69, 9.17) is 4.74 Å². The summed E-state index contributed by atoms with van der Waals surface area (Å²) in [6, 6.07) is 8.62. The summed E-state index contributed by atoms with van der Waals surface area (Å²) in [5.41, 5.74) is 1.02. The van der Waals surface area contributed by atoms with Crippen LogP contribution >= 0.6 is 0 Å². The normalized spacial score (nSPS) is 13.6. The Kier molecular flexibility index (Phi) is 7.21. The number of anilines is 2. The van der Waals surface area contributed by atoms with Gasteiger partial charge in [-0.1, -0.05) is 0 Å². The number of amides is 2. The number of nitrogens with zero attached hydrogens (tertiary/aromatic N) is 1. The second kappa shape index (κ2) is 10.0. The molecule has 0 radical (unpaired) electrons. The summed E-state index contributed by atoms with van der Waals surface area (Å²) in [6.07, 6.45) is 2.98. The van der Waals surface area contributed by atoms with Crippen LogP contribution in [0.15, 0.2) is 36.4 Å². The molecular weight excluding hydrogens is 392 g/mol. The summed E-state index contributed by atoms with van der Waals surface area (Å²) < 4.78 is 32.9. The maximum absolute atomic E-state index is 13.8. The SMILES string of the molecule is CCOc1ccc(C(=O)NCC(=O)Nc2cc(F)c(F)cc2N2CCCCC2)cc1. The maximum atomic E-state index is 13.8. The first kappa shape index (κ1) is 21.5. The average Bonchev–Trinajstić information content (AvgIpc) is 2.76. The fourth-order valence-electron chi connectivity index (χ4n) is 3.36. The Morgan fingerprint density at radius 2 is 1.70 bits per heavy atom. The zero-order valence-corrected chi connectivity index (χ0v) is 16.8. The van der Waals surface area contributed by atoms with Crippen molar-refractivity contribution >= 4 is 23.2 Å². The number of nitrogens with one attached hydrogen (secondary N) is 2. The largest absolute Gasteiger partial charge is 0.494 e. The highest BCUT2D eigenvalue weighted by Gasteiger charge is 2.19. The van der Waals surface area contributed by atoms with Gasteiger partial charge in [-0.3, -0.25) is 9.59 Å². The zero-order valence-electron chi connectivity index (χ0n) is 16.8. The molecule has 0 aliphatic carbocycles. The fourth-order valence-corrected chi connectivity index (χ4v) is 3.36. The highest BCUT2D eigenvalue weighted by molar-refractivity contribution is 6.00. The van der Waals surface area contributed by atoms with E-state index < -0.39 is 23.4 Å². The van der Waals surface area contributed by atoms with Crippen LogP contribution in [0.1, 0.15) is 36.5 Å². The molecule has 3 rings (SSSR count). The Morgan fingerprint density at radius 1 is 1.03 bits per heavy atom. The third-order valence-corrected chi connectivity index (χ3v) is 4.85. The number of benzene rings is 2. The molecule has 1 aliphatic rings. The Balaban J connectivity index is 1.62. The summed E-state index contributed by atoms with van der Waals surface area (Å²) in [5, 5.41) is 5.11. The zero-order chi connectivity index (χ0) is 21.5. The van der Waals surface area contributed by atoms with Crippen molar-refractivity contribution in [2.24, 2.45) is 0 Å². The minimum Gasteiger partial charge on any atom is -0.494 e. The molecule has 0 bridgehead atoms. The Labute approximate surface area is 174 Å². The highest BCUT2D eigenvalue weighted by Crippen LogP contribution is 2.31. The van der Waals surface area contributed by atoms with Crippen molar-refractivity contribution in [3.05, 3.63) is 53.6 Å². The first-order valence-corrected chi connectivity index (χ1v) is 10.0. The summed E-state index contributed by atoms with van der Waals surface area (Å²) in [5.74, 6) is -2.30. The van der Waals surface area contributed by atoms with Crippen molar-refractivity contribution < 1.29 is 23.1 Å². The molecule has 2 amide bonds. The van der Waals surface area contributed by atoms with Gasteiger partial charge in [0.15, 0.2) is 11.6 Å². The molecule has 1 fully saturated rings. The van der Waals surface area contributed by atoms with Crippen LogP contribution in [0.4, 0.5) is 20.2 Å². The molecule has 160 valence electrons. The van der Waals surface area contributed by atoms with Gasteiger partial charge in [0.2, 0.25) is 5.91 Å². The van der Waals surface area contributed by atoms with E-state index in [0.717, 1.165) is 31.4 Å². The number of rotatable bonds is 7. The van der Waals surface area contributed by atoms with Gasteiger partial charge in [-0.2, -0.15) is 0 Å². The second-order valence-corrected chi connectivity index (χ2v) is 7.02. The molecule has 0 saturated carbocycles. The number of carbonyl (C=O) groups excluding carboxylic acids is 2. The molecule has 30 heavy (non-hydrogen) atoms. The van der Waals surface area contributed by atoms with Crippen molar-refractivity contribution in [1.29, 1.82) is 0 Å². The number of halogens is 2. The Bertz CT molecular complexity index is 897. The van der Waals surface area contributed by atoms with Gasteiger partial charge in [-0.15, -0.1) is 0 Å². The third-order valence-electron chi connectivity index (χ3n) is 4.85. The number of carbonyl (C=O) groups is 2. The predicted molar refractivity (Wildman–Crippen MR) is 111 cm³/mol. The van der Waals surface area contributed by atoms with Gasteiger partial charge >= 0.3 is 0 Å². The van der Waals surface area contributed by atoms with Gasteiger partial charge in [0.25, 0.3) is 5.91 Å². The molecule has 2 N–H and O–H groups in total. The lowest BCUT2D eigenvalue weighted by Crippen LogP contribution is -2.34. The first-order valence-electron chi connectivity index (χ1n) is 10.0. The molecule has 1 saturated heterocycles. The number of hydrogen-bond acceptors (Lipinski definition) is 4. The standard InChI is InChI=1S/C22H25F2N3O3/c1-2-30-16-8-6-15(7-9-16)22(29)25-14-21(28)26-19-12-17(23)18(24)13-20(19)27-10-4-3-5-11-27/h6-9,12-13H,2-5,10-11,14H2,1H3,(H,25,29)(H,26,28). The number of piperidine rings is 1. The Morgan fingerprint density at radius 3 is 2.37 bits per heavy atom. The third kappa shape index (κ3) is 5.46. The van der Waals surface area contributed by atoms with Crippen LogP contribution in [0, 0.1) is 11.6 Å². The van der Waals surface area contributed by atoms with E-state index in [-0.39, 0.29) is 12.2 Å². The molecule has 2 aromatic rings. The van der Waals surface area contributed by atoms with Crippen LogP contribution in [0.25, 0.3) is 0 Å². The Hall–Kier alpha value is -3.16. The minimum absolute atomic E-state index is 0.191. The molecule has 2 aromatic carbocycles. The van der Waals surface area contributed by atoms with Gasteiger partial charge in [-0.25, -0.2) is 8.78 Å². The van der Waals surface area contributed by atoms with E-state index in [9.17, 15) is 18.4 Å². The number of hydrogen-bond donors (Lipinski definition) is 2. The van der Waals surface area contributed by atoms with E-state index in [1.165, 1.54) is 0 Å². The van der Waals surface area contributed by atoms with E-state index in [1.54, 1.807) is 24.3 Å². The van der Waals surface area contributed by atoms with Crippen LogP contribution in [0.2, 0.25) is 0 Å². The monoisotopic (exact) mass is 417 g/mol. The minimum atomic E-state index is -1.04.